The lowest BCUT2D eigenvalue weighted by Crippen LogP contribution is -2.15. The van der Waals surface area contributed by atoms with E-state index in [4.69, 9.17) is 14.7 Å². The molecule has 2 amide bonds. The van der Waals surface area contributed by atoms with Crippen LogP contribution in [0.15, 0.2) is 73.1 Å². The number of hydrogen-bond donors (Lipinski definition) is 3. The minimum absolute atomic E-state index is 0.309. The van der Waals surface area contributed by atoms with Crippen molar-refractivity contribution in [3.8, 4) is 17.2 Å². The maximum absolute atomic E-state index is 12.9. The van der Waals surface area contributed by atoms with Crippen molar-refractivity contribution in [3.05, 3.63) is 84.2 Å². The molecule has 0 aliphatic rings. The van der Waals surface area contributed by atoms with Crippen LogP contribution >= 0.6 is 0 Å². The molecule has 2 aromatic carbocycles. The van der Waals surface area contributed by atoms with Gasteiger partial charge in [-0.15, -0.1) is 0 Å². The molecule has 3 aromatic rings. The van der Waals surface area contributed by atoms with Crippen molar-refractivity contribution in [1.82, 2.24) is 10.5 Å². The summed E-state index contributed by atoms with van der Waals surface area (Å²) in [6.07, 6.45) is 5.71. The second-order valence-corrected chi connectivity index (χ2v) is 5.98. The average molecular weight is 405 g/mol. The Labute approximate surface area is 172 Å². The molecular formula is C22H19N3O5. The molecule has 152 valence electrons. The summed E-state index contributed by atoms with van der Waals surface area (Å²) in [5, 5.41) is 11.4. The Kier molecular flexibility index (Phi) is 6.75. The number of anilines is 1. The molecule has 1 heterocycles. The van der Waals surface area contributed by atoms with Gasteiger partial charge in [-0.25, -0.2) is 5.48 Å². The number of nitrogens with one attached hydrogen (secondary N) is 2. The third-order valence-corrected chi connectivity index (χ3v) is 4.05. The number of para-hydroxylation sites is 2. The molecule has 0 spiro atoms. The molecule has 0 fully saturated rings. The molecule has 8 heteroatoms. The van der Waals surface area contributed by atoms with Crippen molar-refractivity contribution in [2.45, 2.75) is 0 Å². The van der Waals surface area contributed by atoms with Crippen molar-refractivity contribution in [1.29, 1.82) is 0 Å². The Bertz CT molecular complexity index is 1080. The highest BCUT2D eigenvalue weighted by Gasteiger charge is 2.15. The first-order valence-corrected chi connectivity index (χ1v) is 8.89. The summed E-state index contributed by atoms with van der Waals surface area (Å²) >= 11 is 0. The Hall–Kier alpha value is -4.17. The highest BCUT2D eigenvalue weighted by molar-refractivity contribution is 6.07. The molecule has 0 saturated heterocycles. The smallest absolute Gasteiger partial charge is 0.267 e. The summed E-state index contributed by atoms with van der Waals surface area (Å²) in [5.41, 5.74) is 2.90. The number of methoxy groups -OCH3 is 1. The van der Waals surface area contributed by atoms with Gasteiger partial charge in [0.1, 0.15) is 5.75 Å². The summed E-state index contributed by atoms with van der Waals surface area (Å²) in [5.74, 6) is 0.121. The third-order valence-electron chi connectivity index (χ3n) is 4.05. The van der Waals surface area contributed by atoms with E-state index in [1.807, 2.05) is 0 Å². The number of carbonyl (C=O) groups excluding carboxylic acids is 2. The van der Waals surface area contributed by atoms with Gasteiger partial charge in [-0.3, -0.25) is 19.8 Å². The predicted octanol–water partition coefficient (Wildman–Crippen LogP) is 3.65. The number of pyridine rings is 1. The van der Waals surface area contributed by atoms with Crippen LogP contribution in [-0.4, -0.2) is 29.1 Å². The quantitative estimate of drug-likeness (QED) is 0.314. The molecule has 0 aliphatic heterocycles. The van der Waals surface area contributed by atoms with Gasteiger partial charge in [0.05, 0.1) is 18.9 Å². The number of benzene rings is 2. The average Bonchev–Trinajstić information content (AvgIpc) is 2.79. The topological polar surface area (TPSA) is 110 Å². The van der Waals surface area contributed by atoms with Gasteiger partial charge in [-0.2, -0.15) is 0 Å². The van der Waals surface area contributed by atoms with E-state index >= 15 is 0 Å². The molecule has 0 bridgehead atoms. The van der Waals surface area contributed by atoms with Gasteiger partial charge >= 0.3 is 0 Å². The van der Waals surface area contributed by atoms with Gasteiger partial charge in [-0.05, 0) is 29.8 Å². The summed E-state index contributed by atoms with van der Waals surface area (Å²) in [6.45, 7) is 0. The second-order valence-electron chi connectivity index (χ2n) is 5.98. The van der Waals surface area contributed by atoms with Crippen LogP contribution in [0.25, 0.3) is 6.08 Å². The number of hydrogen-bond acceptors (Lipinski definition) is 6. The predicted molar refractivity (Wildman–Crippen MR) is 111 cm³/mol. The Balaban J connectivity index is 1.86. The molecular weight excluding hydrogens is 386 g/mol. The van der Waals surface area contributed by atoms with Crippen molar-refractivity contribution < 1.29 is 24.3 Å². The summed E-state index contributed by atoms with van der Waals surface area (Å²) in [6, 6.07) is 15.4. The second kappa shape index (κ2) is 9.85. The van der Waals surface area contributed by atoms with Gasteiger partial charge in [0.15, 0.2) is 11.5 Å². The number of aromatic nitrogens is 1. The monoisotopic (exact) mass is 405 g/mol. The maximum Gasteiger partial charge on any atom is 0.267 e. The third kappa shape index (κ3) is 5.00. The van der Waals surface area contributed by atoms with Crippen LogP contribution in [0.3, 0.4) is 0 Å². The molecule has 3 N–H and O–H groups in total. The standard InChI is InChI=1S/C22H19N3O5/c1-29-20-14-23-13-12-19(20)30-18-9-5-3-7-16(18)22(27)24-17-8-4-2-6-15(17)10-11-21(26)25-28/h2-14,28H,1H3,(H,24,27)(H,25,26)/b11-10+. The molecule has 0 saturated carbocycles. The first-order chi connectivity index (χ1) is 14.6. The molecule has 0 unspecified atom stereocenters. The fraction of sp³-hybridized carbons (Fsp3) is 0.0455. The zero-order valence-corrected chi connectivity index (χ0v) is 16.0. The van der Waals surface area contributed by atoms with Crippen molar-refractivity contribution in [2.75, 3.05) is 12.4 Å². The van der Waals surface area contributed by atoms with Crippen LogP contribution in [0.1, 0.15) is 15.9 Å². The zero-order valence-electron chi connectivity index (χ0n) is 16.0. The molecule has 1 aromatic heterocycles. The van der Waals surface area contributed by atoms with Crippen LogP contribution in [0.5, 0.6) is 17.2 Å². The van der Waals surface area contributed by atoms with E-state index < -0.39 is 11.8 Å². The normalized spacial score (nSPS) is 10.5. The van der Waals surface area contributed by atoms with Gasteiger partial charge in [0.25, 0.3) is 11.8 Å². The van der Waals surface area contributed by atoms with E-state index in [-0.39, 0.29) is 0 Å². The van der Waals surface area contributed by atoms with Gasteiger partial charge in [0.2, 0.25) is 0 Å². The highest BCUT2D eigenvalue weighted by Crippen LogP contribution is 2.32. The molecule has 0 aliphatic carbocycles. The number of hydroxylamine groups is 1. The number of rotatable bonds is 7. The number of ether oxygens (including phenoxy) is 2. The first kappa shape index (κ1) is 20.6. The van der Waals surface area contributed by atoms with Crippen LogP contribution in [-0.2, 0) is 4.79 Å². The molecule has 0 atom stereocenters. The summed E-state index contributed by atoms with van der Waals surface area (Å²) in [7, 11) is 1.50. The summed E-state index contributed by atoms with van der Waals surface area (Å²) < 4.78 is 11.1. The molecule has 3 rings (SSSR count). The SMILES string of the molecule is COc1cnccc1Oc1ccccc1C(=O)Nc1ccccc1/C=C/C(=O)NO. The lowest BCUT2D eigenvalue weighted by molar-refractivity contribution is -0.124. The fourth-order valence-electron chi connectivity index (χ4n) is 2.62. The van der Waals surface area contributed by atoms with Crippen molar-refractivity contribution >= 4 is 23.6 Å². The Morgan fingerprint density at radius 2 is 1.77 bits per heavy atom. The van der Waals surface area contributed by atoms with E-state index in [1.165, 1.54) is 24.9 Å². The largest absolute Gasteiger partial charge is 0.491 e. The minimum atomic E-state index is -0.679. The first-order valence-electron chi connectivity index (χ1n) is 8.89. The maximum atomic E-state index is 12.9. The van der Waals surface area contributed by atoms with E-state index in [0.29, 0.717) is 34.1 Å². The lowest BCUT2D eigenvalue weighted by atomic mass is 10.1. The van der Waals surface area contributed by atoms with E-state index in [0.717, 1.165) is 6.08 Å². The Morgan fingerprint density at radius 1 is 1.00 bits per heavy atom. The number of carbonyl (C=O) groups is 2. The van der Waals surface area contributed by atoms with Crippen LogP contribution < -0.4 is 20.3 Å². The van der Waals surface area contributed by atoms with E-state index in [1.54, 1.807) is 60.8 Å². The van der Waals surface area contributed by atoms with Gasteiger partial charge in [-0.1, -0.05) is 30.3 Å². The fourth-order valence-corrected chi connectivity index (χ4v) is 2.62. The van der Waals surface area contributed by atoms with E-state index in [2.05, 4.69) is 10.3 Å². The minimum Gasteiger partial charge on any atom is -0.491 e. The number of nitrogens with zero attached hydrogens (tertiary/aromatic N) is 1. The molecule has 0 radical (unpaired) electrons. The van der Waals surface area contributed by atoms with Gasteiger partial charge in [0, 0.05) is 24.0 Å². The van der Waals surface area contributed by atoms with E-state index in [9.17, 15) is 9.59 Å². The molecule has 8 nitrogen and oxygen atoms in total. The van der Waals surface area contributed by atoms with Gasteiger partial charge < -0.3 is 14.8 Å². The van der Waals surface area contributed by atoms with Crippen molar-refractivity contribution in [3.63, 3.8) is 0 Å². The van der Waals surface area contributed by atoms with Crippen LogP contribution in [0.2, 0.25) is 0 Å². The highest BCUT2D eigenvalue weighted by atomic mass is 16.5. The van der Waals surface area contributed by atoms with Crippen LogP contribution in [0.4, 0.5) is 5.69 Å². The van der Waals surface area contributed by atoms with Crippen molar-refractivity contribution in [2.24, 2.45) is 0 Å². The summed E-state index contributed by atoms with van der Waals surface area (Å²) in [4.78, 5) is 28.2. The number of amides is 2. The van der Waals surface area contributed by atoms with Crippen LogP contribution in [0, 0.1) is 0 Å². The molecule has 30 heavy (non-hydrogen) atoms. The lowest BCUT2D eigenvalue weighted by Gasteiger charge is -2.14. The zero-order chi connectivity index (χ0) is 21.3. The Morgan fingerprint density at radius 3 is 2.57 bits per heavy atom.